The Kier molecular flexibility index (Phi) is 6.22. The first-order chi connectivity index (χ1) is 16.4. The number of amides is 1. The van der Waals surface area contributed by atoms with Crippen LogP contribution in [0.3, 0.4) is 0 Å². The average molecular weight is 485 g/mol. The maximum atomic E-state index is 13.5. The average Bonchev–Trinajstić information content (AvgIpc) is 3.34. The Morgan fingerprint density at radius 2 is 2.00 bits per heavy atom. The molecule has 1 aromatic carbocycles. The van der Waals surface area contributed by atoms with Crippen LogP contribution < -0.4 is 15.8 Å². The summed E-state index contributed by atoms with van der Waals surface area (Å²) in [5.74, 6) is 0.177. The van der Waals surface area contributed by atoms with Crippen LogP contribution in [0.15, 0.2) is 35.3 Å². The maximum absolute atomic E-state index is 13.5. The lowest BCUT2D eigenvalue weighted by Gasteiger charge is -2.39. The number of piperazine rings is 1. The minimum absolute atomic E-state index is 0.182. The molecule has 1 aliphatic heterocycles. The molecule has 2 atom stereocenters. The van der Waals surface area contributed by atoms with E-state index in [1.807, 2.05) is 0 Å². The Bertz CT molecular complexity index is 1290. The quantitative estimate of drug-likeness (QED) is 0.591. The van der Waals surface area contributed by atoms with Gasteiger partial charge < -0.3 is 15.2 Å². The molecule has 0 bridgehead atoms. The summed E-state index contributed by atoms with van der Waals surface area (Å²) < 4.78 is 13.5. The molecule has 1 unspecified atom stereocenters. The Labute approximate surface area is 201 Å². The van der Waals surface area contributed by atoms with Crippen LogP contribution in [-0.2, 0) is 0 Å². The molecular formula is C24H26ClFN6O2. The summed E-state index contributed by atoms with van der Waals surface area (Å²) in [6.07, 6.45) is 4.59. The molecule has 10 heteroatoms. The highest BCUT2D eigenvalue weighted by Crippen LogP contribution is 2.36. The van der Waals surface area contributed by atoms with Gasteiger partial charge in [-0.25, -0.2) is 14.4 Å². The van der Waals surface area contributed by atoms with E-state index in [1.54, 1.807) is 25.4 Å². The van der Waals surface area contributed by atoms with Gasteiger partial charge in [-0.15, -0.1) is 0 Å². The van der Waals surface area contributed by atoms with Crippen LogP contribution >= 0.6 is 11.6 Å². The summed E-state index contributed by atoms with van der Waals surface area (Å²) in [5.41, 5.74) is 1.39. The monoisotopic (exact) mass is 484 g/mol. The predicted molar refractivity (Wildman–Crippen MR) is 129 cm³/mol. The molecule has 0 spiro atoms. The first-order valence-electron chi connectivity index (χ1n) is 11.5. The SMILES string of the molecule is CNC(=O)c1cc(Cl)c(N2CCN(C3CC[C@@H](c4nc5ccc(F)cc5c(=O)[nH]4)C3)CC2)cn1. The zero-order chi connectivity index (χ0) is 23.8. The number of aromatic nitrogens is 3. The number of hydrogen-bond donors (Lipinski definition) is 2. The zero-order valence-corrected chi connectivity index (χ0v) is 19.6. The minimum atomic E-state index is -0.438. The highest BCUT2D eigenvalue weighted by Gasteiger charge is 2.33. The number of hydrogen-bond acceptors (Lipinski definition) is 6. The van der Waals surface area contributed by atoms with Crippen molar-refractivity contribution < 1.29 is 9.18 Å². The molecule has 2 fully saturated rings. The van der Waals surface area contributed by atoms with E-state index in [1.165, 1.54) is 12.1 Å². The predicted octanol–water partition coefficient (Wildman–Crippen LogP) is 2.93. The number of rotatable bonds is 4. The second-order valence-electron chi connectivity index (χ2n) is 8.90. The van der Waals surface area contributed by atoms with E-state index in [4.69, 9.17) is 11.6 Å². The summed E-state index contributed by atoms with van der Waals surface area (Å²) in [6, 6.07) is 6.16. The molecule has 0 radical (unpaired) electrons. The van der Waals surface area contributed by atoms with Gasteiger partial charge in [0.25, 0.3) is 11.5 Å². The van der Waals surface area contributed by atoms with Gasteiger partial charge in [0.2, 0.25) is 0 Å². The fraction of sp³-hybridized carbons (Fsp3) is 0.417. The molecule has 3 aromatic rings. The number of carbonyl (C=O) groups is 1. The van der Waals surface area contributed by atoms with Gasteiger partial charge >= 0.3 is 0 Å². The van der Waals surface area contributed by atoms with Crippen molar-refractivity contribution in [1.82, 2.24) is 25.2 Å². The van der Waals surface area contributed by atoms with Gasteiger partial charge in [0.05, 0.1) is 27.8 Å². The van der Waals surface area contributed by atoms with Crippen LogP contribution in [0.2, 0.25) is 5.02 Å². The minimum Gasteiger partial charge on any atom is -0.367 e. The molecule has 3 heterocycles. The van der Waals surface area contributed by atoms with Crippen molar-refractivity contribution in [2.24, 2.45) is 0 Å². The van der Waals surface area contributed by atoms with Crippen LogP contribution in [-0.4, -0.2) is 65.0 Å². The van der Waals surface area contributed by atoms with Gasteiger partial charge in [-0.1, -0.05) is 11.6 Å². The van der Waals surface area contributed by atoms with Crippen molar-refractivity contribution in [3.8, 4) is 0 Å². The summed E-state index contributed by atoms with van der Waals surface area (Å²) in [4.78, 5) is 40.7. The smallest absolute Gasteiger partial charge is 0.269 e. The molecule has 178 valence electrons. The zero-order valence-electron chi connectivity index (χ0n) is 18.9. The lowest BCUT2D eigenvalue weighted by molar-refractivity contribution is 0.0958. The number of aromatic amines is 1. The first kappa shape index (κ1) is 22.7. The maximum Gasteiger partial charge on any atom is 0.269 e. The molecule has 1 amide bonds. The van der Waals surface area contributed by atoms with Crippen molar-refractivity contribution in [3.63, 3.8) is 0 Å². The number of fused-ring (bicyclic) bond motifs is 1. The molecule has 1 aliphatic carbocycles. The number of carbonyl (C=O) groups excluding carboxylic acids is 1. The fourth-order valence-corrected chi connectivity index (χ4v) is 5.37. The van der Waals surface area contributed by atoms with E-state index in [2.05, 4.69) is 30.1 Å². The van der Waals surface area contributed by atoms with Gasteiger partial charge in [0, 0.05) is 45.2 Å². The second kappa shape index (κ2) is 9.31. The highest BCUT2D eigenvalue weighted by molar-refractivity contribution is 6.33. The van der Waals surface area contributed by atoms with Crippen molar-refractivity contribution in [3.05, 3.63) is 63.2 Å². The van der Waals surface area contributed by atoms with Gasteiger partial charge in [-0.3, -0.25) is 14.5 Å². The van der Waals surface area contributed by atoms with E-state index in [0.29, 0.717) is 28.1 Å². The topological polar surface area (TPSA) is 94.2 Å². The number of H-pyrrole nitrogens is 1. The van der Waals surface area contributed by atoms with E-state index in [9.17, 15) is 14.0 Å². The third-order valence-electron chi connectivity index (χ3n) is 6.94. The van der Waals surface area contributed by atoms with Crippen molar-refractivity contribution in [2.45, 2.75) is 31.2 Å². The van der Waals surface area contributed by atoms with Crippen LogP contribution in [0.4, 0.5) is 10.1 Å². The van der Waals surface area contributed by atoms with Crippen molar-refractivity contribution in [1.29, 1.82) is 0 Å². The van der Waals surface area contributed by atoms with Gasteiger partial charge in [0.1, 0.15) is 17.3 Å². The molecule has 2 N–H and O–H groups in total. The molecule has 8 nitrogen and oxygen atoms in total. The van der Waals surface area contributed by atoms with E-state index in [-0.39, 0.29) is 22.8 Å². The molecule has 34 heavy (non-hydrogen) atoms. The van der Waals surface area contributed by atoms with Gasteiger partial charge in [-0.05, 0) is 43.5 Å². The standard InChI is InChI=1S/C24H26ClFN6O2/c1-27-24(34)20-12-18(25)21(13-28-20)32-8-6-31(7-9-32)16-4-2-14(10-16)22-29-19-5-3-15(26)11-17(19)23(33)30-22/h3,5,11-14,16H,2,4,6-10H2,1H3,(H,27,34)(H,29,30,33)/t14-,16?/m1/s1. The van der Waals surface area contributed by atoms with Crippen LogP contribution in [0.1, 0.15) is 41.5 Å². The van der Waals surface area contributed by atoms with Crippen molar-refractivity contribution in [2.75, 3.05) is 38.1 Å². The Morgan fingerprint density at radius 3 is 2.74 bits per heavy atom. The fourth-order valence-electron chi connectivity index (χ4n) is 5.10. The third kappa shape index (κ3) is 4.37. The van der Waals surface area contributed by atoms with Gasteiger partial charge in [-0.2, -0.15) is 0 Å². The normalized spacial score (nSPS) is 21.2. The number of anilines is 1. The summed E-state index contributed by atoms with van der Waals surface area (Å²) >= 11 is 6.45. The first-order valence-corrected chi connectivity index (χ1v) is 11.9. The molecule has 1 saturated carbocycles. The number of pyridine rings is 1. The number of nitrogens with one attached hydrogen (secondary N) is 2. The summed E-state index contributed by atoms with van der Waals surface area (Å²) in [6.45, 7) is 3.43. The third-order valence-corrected chi connectivity index (χ3v) is 7.25. The largest absolute Gasteiger partial charge is 0.367 e. The van der Waals surface area contributed by atoms with Gasteiger partial charge in [0.15, 0.2) is 0 Å². The van der Waals surface area contributed by atoms with Crippen LogP contribution in [0.5, 0.6) is 0 Å². The number of benzene rings is 1. The summed E-state index contributed by atoms with van der Waals surface area (Å²) in [5, 5.41) is 3.36. The van der Waals surface area contributed by atoms with E-state index >= 15 is 0 Å². The van der Waals surface area contributed by atoms with E-state index < -0.39 is 5.82 Å². The number of halogens is 2. The summed E-state index contributed by atoms with van der Waals surface area (Å²) in [7, 11) is 1.56. The lowest BCUT2D eigenvalue weighted by atomic mass is 10.1. The molecule has 1 saturated heterocycles. The van der Waals surface area contributed by atoms with Crippen molar-refractivity contribution >= 4 is 34.1 Å². The number of nitrogens with zero attached hydrogens (tertiary/aromatic N) is 4. The molecular weight excluding hydrogens is 459 g/mol. The molecule has 5 rings (SSSR count). The lowest BCUT2D eigenvalue weighted by Crippen LogP contribution is -2.50. The Balaban J connectivity index is 1.22. The Hall–Kier alpha value is -3.04. The van der Waals surface area contributed by atoms with Crippen LogP contribution in [0.25, 0.3) is 10.9 Å². The highest BCUT2D eigenvalue weighted by atomic mass is 35.5. The van der Waals surface area contributed by atoms with E-state index in [0.717, 1.165) is 51.1 Å². The van der Waals surface area contributed by atoms with Crippen LogP contribution in [0, 0.1) is 5.82 Å². The Morgan fingerprint density at radius 1 is 1.21 bits per heavy atom. The molecule has 2 aromatic heterocycles. The molecule has 2 aliphatic rings. The second-order valence-corrected chi connectivity index (χ2v) is 9.31.